The molecule has 0 aromatic rings. The molecule has 0 saturated heterocycles. The van der Waals surface area contributed by atoms with Crippen LogP contribution >= 0.6 is 0 Å². The van der Waals surface area contributed by atoms with Crippen LogP contribution < -0.4 is 5.32 Å². The number of rotatable bonds is 73. The number of hydrogen-bond donors (Lipinski definition) is 3. The van der Waals surface area contributed by atoms with Gasteiger partial charge in [-0.05, 0) is 64.2 Å². The zero-order valence-corrected chi connectivity index (χ0v) is 57.6. The second-order valence-corrected chi connectivity index (χ2v) is 26.7. The Morgan fingerprint density at radius 1 is 0.329 bits per heavy atom. The fourth-order valence-electron chi connectivity index (χ4n) is 12.3. The number of carbonyl (C=O) groups is 2. The number of esters is 1. The van der Waals surface area contributed by atoms with Crippen molar-refractivity contribution in [2.24, 2.45) is 0 Å². The maximum Gasteiger partial charge on any atom is 0.305 e. The molecule has 0 aromatic carbocycles. The Morgan fingerprint density at radius 2 is 0.588 bits per heavy atom. The third kappa shape index (κ3) is 71.0. The lowest BCUT2D eigenvalue weighted by molar-refractivity contribution is -0.143. The van der Waals surface area contributed by atoms with Gasteiger partial charge in [0, 0.05) is 12.8 Å². The van der Waals surface area contributed by atoms with E-state index in [4.69, 9.17) is 4.74 Å². The van der Waals surface area contributed by atoms with E-state index in [9.17, 15) is 19.8 Å². The topological polar surface area (TPSA) is 95.9 Å². The molecule has 85 heavy (non-hydrogen) atoms. The highest BCUT2D eigenvalue weighted by Gasteiger charge is 2.18. The van der Waals surface area contributed by atoms with Crippen molar-refractivity contribution >= 4 is 11.9 Å². The van der Waals surface area contributed by atoms with Gasteiger partial charge in [-0.25, -0.2) is 0 Å². The second kappa shape index (κ2) is 74.5. The first-order chi connectivity index (χ1) is 42.0. The summed E-state index contributed by atoms with van der Waals surface area (Å²) in [6, 6.07) is -0.626. The molecule has 0 heterocycles. The van der Waals surface area contributed by atoms with Crippen molar-refractivity contribution in [3.05, 3.63) is 36.5 Å². The van der Waals surface area contributed by atoms with Crippen LogP contribution in [-0.2, 0) is 14.3 Å². The number of ether oxygens (including phenoxy) is 1. The van der Waals surface area contributed by atoms with E-state index >= 15 is 0 Å². The van der Waals surface area contributed by atoms with Crippen molar-refractivity contribution in [2.45, 2.75) is 443 Å². The van der Waals surface area contributed by atoms with Crippen LogP contribution in [0.5, 0.6) is 0 Å². The normalized spacial score (nSPS) is 12.7. The van der Waals surface area contributed by atoms with Crippen molar-refractivity contribution in [3.8, 4) is 0 Å². The summed E-state index contributed by atoms with van der Waals surface area (Å²) < 4.78 is 5.50. The van der Waals surface area contributed by atoms with Gasteiger partial charge in [-0.3, -0.25) is 9.59 Å². The third-order valence-corrected chi connectivity index (χ3v) is 18.2. The minimum atomic E-state index is -0.843. The molecule has 0 rings (SSSR count). The minimum Gasteiger partial charge on any atom is -0.466 e. The Balaban J connectivity index is 3.36. The van der Waals surface area contributed by atoms with Crippen LogP contribution in [0.2, 0.25) is 0 Å². The molecular formula is C79H151NO5. The molecule has 0 saturated carbocycles. The van der Waals surface area contributed by atoms with Gasteiger partial charge in [-0.15, -0.1) is 0 Å². The van der Waals surface area contributed by atoms with E-state index in [1.165, 1.54) is 360 Å². The minimum absolute atomic E-state index is 0.0221. The Hall–Kier alpha value is -1.92. The van der Waals surface area contributed by atoms with E-state index in [1.807, 2.05) is 6.08 Å². The number of nitrogens with one attached hydrogen (secondary N) is 1. The molecule has 0 bridgehead atoms. The van der Waals surface area contributed by atoms with Crippen LogP contribution in [0, 0.1) is 0 Å². The number of carbonyl (C=O) groups excluding carboxylic acids is 2. The van der Waals surface area contributed by atoms with Gasteiger partial charge in [-0.1, -0.05) is 391 Å². The van der Waals surface area contributed by atoms with Crippen molar-refractivity contribution in [2.75, 3.05) is 13.2 Å². The van der Waals surface area contributed by atoms with Crippen molar-refractivity contribution < 1.29 is 24.5 Å². The average molecular weight is 1200 g/mol. The molecule has 0 radical (unpaired) electrons. The summed E-state index contributed by atoms with van der Waals surface area (Å²) in [5.41, 5.74) is 0. The summed E-state index contributed by atoms with van der Waals surface area (Å²) in [5, 5.41) is 23.2. The smallest absolute Gasteiger partial charge is 0.305 e. The van der Waals surface area contributed by atoms with E-state index < -0.39 is 12.1 Å². The van der Waals surface area contributed by atoms with Gasteiger partial charge in [0.15, 0.2) is 0 Å². The Morgan fingerprint density at radius 3 is 0.894 bits per heavy atom. The highest BCUT2D eigenvalue weighted by molar-refractivity contribution is 5.76. The van der Waals surface area contributed by atoms with Crippen LogP contribution in [-0.4, -0.2) is 47.4 Å². The number of aliphatic hydroxyl groups excluding tert-OH is 2. The summed E-state index contributed by atoms with van der Waals surface area (Å²) in [6.45, 7) is 4.95. The molecule has 0 fully saturated rings. The SMILES string of the molecule is CCCCCCCCCCCCCCCC/C=C/C(O)C(CO)NC(=O)CCCCCCCCCCCCCCCCCCC/C=C\C/C=C\CCCCCCCCCCCCCCCOC(=O)CCCCCCCCCCCCCCCCC. The van der Waals surface area contributed by atoms with Gasteiger partial charge < -0.3 is 20.3 Å². The molecule has 0 aliphatic carbocycles. The number of hydrogen-bond acceptors (Lipinski definition) is 5. The van der Waals surface area contributed by atoms with Crippen LogP contribution in [0.15, 0.2) is 36.5 Å². The molecule has 2 unspecified atom stereocenters. The lowest BCUT2D eigenvalue weighted by Gasteiger charge is -2.20. The lowest BCUT2D eigenvalue weighted by Crippen LogP contribution is -2.45. The number of aliphatic hydroxyl groups is 2. The van der Waals surface area contributed by atoms with Gasteiger partial charge in [0.1, 0.15) is 0 Å². The fourth-order valence-corrected chi connectivity index (χ4v) is 12.3. The predicted octanol–water partition coefficient (Wildman–Crippen LogP) is 25.4. The fraction of sp³-hybridized carbons (Fsp3) is 0.899. The highest BCUT2D eigenvalue weighted by Crippen LogP contribution is 2.19. The van der Waals surface area contributed by atoms with E-state index in [2.05, 4.69) is 43.5 Å². The van der Waals surface area contributed by atoms with Crippen molar-refractivity contribution in [3.63, 3.8) is 0 Å². The van der Waals surface area contributed by atoms with Crippen LogP contribution in [0.1, 0.15) is 431 Å². The molecular weight excluding hydrogens is 1040 g/mol. The second-order valence-electron chi connectivity index (χ2n) is 26.7. The zero-order valence-electron chi connectivity index (χ0n) is 57.6. The third-order valence-electron chi connectivity index (χ3n) is 18.2. The molecule has 6 nitrogen and oxygen atoms in total. The molecule has 0 spiro atoms. The summed E-state index contributed by atoms with van der Waals surface area (Å²) in [5.74, 6) is -0.0402. The summed E-state index contributed by atoms with van der Waals surface area (Å²) >= 11 is 0. The summed E-state index contributed by atoms with van der Waals surface area (Å²) in [6.07, 6.45) is 96.9. The number of allylic oxidation sites excluding steroid dienone is 5. The number of unbranched alkanes of at least 4 members (excludes halogenated alkanes) is 58. The number of amides is 1. The van der Waals surface area contributed by atoms with Crippen molar-refractivity contribution in [1.29, 1.82) is 0 Å². The molecule has 1 amide bonds. The molecule has 0 aliphatic heterocycles. The largest absolute Gasteiger partial charge is 0.466 e. The first kappa shape index (κ1) is 83.1. The maximum atomic E-state index is 12.5. The standard InChI is InChI=1S/C79H151NO5/c1-3-5-7-9-11-13-15-17-19-44-47-51-55-59-63-67-71-77(82)76(75-81)80-78(83)72-68-64-60-56-52-48-45-41-39-37-35-33-31-29-27-25-23-21-20-22-24-26-28-30-32-34-36-38-40-42-46-50-54-58-62-66-70-74-85-79(84)73-69-65-61-57-53-49-43-18-16-14-12-10-8-6-4-2/h20,22,26,28,67,71,76-77,81-82H,3-19,21,23-25,27,29-66,68-70,72-75H2,1-2H3,(H,80,83)/b22-20-,28-26-,71-67+. The van der Waals surface area contributed by atoms with Gasteiger partial charge in [-0.2, -0.15) is 0 Å². The van der Waals surface area contributed by atoms with E-state index in [-0.39, 0.29) is 18.5 Å². The Kier molecular flexibility index (Phi) is 72.9. The van der Waals surface area contributed by atoms with Crippen LogP contribution in [0.4, 0.5) is 0 Å². The lowest BCUT2D eigenvalue weighted by atomic mass is 10.0. The molecule has 3 N–H and O–H groups in total. The Labute approximate surface area is 532 Å². The zero-order chi connectivity index (χ0) is 61.3. The first-order valence-corrected chi connectivity index (χ1v) is 38.8. The van der Waals surface area contributed by atoms with Crippen LogP contribution in [0.3, 0.4) is 0 Å². The molecule has 0 aliphatic rings. The van der Waals surface area contributed by atoms with E-state index in [0.717, 1.165) is 44.9 Å². The van der Waals surface area contributed by atoms with E-state index in [1.54, 1.807) is 6.08 Å². The summed E-state index contributed by atoms with van der Waals surface area (Å²) in [7, 11) is 0. The maximum absolute atomic E-state index is 12.5. The quantitative estimate of drug-likeness (QED) is 0.0320. The van der Waals surface area contributed by atoms with Crippen molar-refractivity contribution in [1.82, 2.24) is 5.32 Å². The molecule has 6 heteroatoms. The van der Waals surface area contributed by atoms with E-state index in [0.29, 0.717) is 19.4 Å². The van der Waals surface area contributed by atoms with Gasteiger partial charge in [0.25, 0.3) is 0 Å². The Bertz CT molecular complexity index is 1380. The molecule has 2 atom stereocenters. The van der Waals surface area contributed by atoms with Crippen LogP contribution in [0.25, 0.3) is 0 Å². The highest BCUT2D eigenvalue weighted by atomic mass is 16.5. The summed E-state index contributed by atoms with van der Waals surface area (Å²) in [4.78, 5) is 24.6. The predicted molar refractivity (Wildman–Crippen MR) is 375 cm³/mol. The molecule has 502 valence electrons. The van der Waals surface area contributed by atoms with Gasteiger partial charge in [0.05, 0.1) is 25.4 Å². The first-order valence-electron chi connectivity index (χ1n) is 38.8. The average Bonchev–Trinajstić information content (AvgIpc) is 3.51. The monoisotopic (exact) mass is 1190 g/mol. The van der Waals surface area contributed by atoms with Gasteiger partial charge >= 0.3 is 5.97 Å². The van der Waals surface area contributed by atoms with Gasteiger partial charge in [0.2, 0.25) is 5.91 Å². The molecule has 0 aromatic heterocycles.